The number of hydrogen-bond acceptors (Lipinski definition) is 3. The van der Waals surface area contributed by atoms with Crippen molar-refractivity contribution in [1.29, 1.82) is 0 Å². The standard InChI is InChI=1S/C15H18N2O3/c1-16-12(7-10-5-3-2-4-6-10)15(20)17-9-11(18)8-13(17)14(16)19/h2-6,11-13,18H,7-9H2,1H3/t11-,12+,13?/m1/s1. The molecule has 0 radical (unpaired) electrons. The lowest BCUT2D eigenvalue weighted by Crippen LogP contribution is -2.62. The van der Waals surface area contributed by atoms with Gasteiger partial charge in [0.25, 0.3) is 0 Å². The van der Waals surface area contributed by atoms with Gasteiger partial charge < -0.3 is 14.9 Å². The summed E-state index contributed by atoms with van der Waals surface area (Å²) in [5.41, 5.74) is 1.03. The topological polar surface area (TPSA) is 60.9 Å². The fourth-order valence-electron chi connectivity index (χ4n) is 3.10. The lowest BCUT2D eigenvalue weighted by Gasteiger charge is -2.40. The fourth-order valence-corrected chi connectivity index (χ4v) is 3.10. The molecule has 5 nitrogen and oxygen atoms in total. The summed E-state index contributed by atoms with van der Waals surface area (Å²) in [6.45, 7) is 0.272. The van der Waals surface area contributed by atoms with E-state index in [0.29, 0.717) is 12.8 Å². The fraction of sp³-hybridized carbons (Fsp3) is 0.467. The van der Waals surface area contributed by atoms with Gasteiger partial charge in [-0.05, 0) is 5.56 Å². The summed E-state index contributed by atoms with van der Waals surface area (Å²) < 4.78 is 0. The Hall–Kier alpha value is -1.88. The number of hydrogen-bond donors (Lipinski definition) is 1. The molecule has 1 aromatic rings. The van der Waals surface area contributed by atoms with Gasteiger partial charge in [0.05, 0.1) is 6.10 Å². The molecule has 0 aromatic heterocycles. The molecule has 0 saturated carbocycles. The van der Waals surface area contributed by atoms with E-state index in [-0.39, 0.29) is 18.4 Å². The van der Waals surface area contributed by atoms with Gasteiger partial charge in [0.2, 0.25) is 11.8 Å². The molecule has 2 aliphatic heterocycles. The van der Waals surface area contributed by atoms with Crippen LogP contribution in [0.3, 0.4) is 0 Å². The summed E-state index contributed by atoms with van der Waals surface area (Å²) in [7, 11) is 1.68. The van der Waals surface area contributed by atoms with Crippen LogP contribution in [-0.2, 0) is 16.0 Å². The third kappa shape index (κ3) is 2.08. The molecule has 5 heteroatoms. The Morgan fingerprint density at radius 2 is 1.90 bits per heavy atom. The number of rotatable bonds is 2. The van der Waals surface area contributed by atoms with E-state index in [1.165, 1.54) is 4.90 Å². The first kappa shape index (κ1) is 13.1. The van der Waals surface area contributed by atoms with Gasteiger partial charge in [0.15, 0.2) is 0 Å². The van der Waals surface area contributed by atoms with Crippen LogP contribution in [0, 0.1) is 0 Å². The molecule has 2 heterocycles. The van der Waals surface area contributed by atoms with Gasteiger partial charge in [0, 0.05) is 26.4 Å². The van der Waals surface area contributed by atoms with E-state index in [2.05, 4.69) is 0 Å². The number of fused-ring (bicyclic) bond motifs is 1. The van der Waals surface area contributed by atoms with Gasteiger partial charge in [0.1, 0.15) is 12.1 Å². The van der Waals surface area contributed by atoms with E-state index in [9.17, 15) is 14.7 Å². The monoisotopic (exact) mass is 274 g/mol. The van der Waals surface area contributed by atoms with Gasteiger partial charge >= 0.3 is 0 Å². The minimum absolute atomic E-state index is 0.0579. The molecule has 2 amide bonds. The Labute approximate surface area is 117 Å². The molecule has 0 bridgehead atoms. The molecule has 3 atom stereocenters. The van der Waals surface area contributed by atoms with Crippen LogP contribution in [0.2, 0.25) is 0 Å². The average Bonchev–Trinajstić information content (AvgIpc) is 2.85. The summed E-state index contributed by atoms with van der Waals surface area (Å²) in [5.74, 6) is -0.125. The average molecular weight is 274 g/mol. The first-order valence-electron chi connectivity index (χ1n) is 6.87. The molecule has 0 aliphatic carbocycles. The molecule has 3 rings (SSSR count). The lowest BCUT2D eigenvalue weighted by atomic mass is 9.99. The van der Waals surface area contributed by atoms with Gasteiger partial charge in [-0.15, -0.1) is 0 Å². The maximum atomic E-state index is 12.5. The molecule has 1 unspecified atom stereocenters. The molecule has 106 valence electrons. The molecular formula is C15H18N2O3. The minimum atomic E-state index is -0.586. The lowest BCUT2D eigenvalue weighted by molar-refractivity contribution is -0.157. The predicted molar refractivity (Wildman–Crippen MR) is 72.8 cm³/mol. The Kier molecular flexibility index (Phi) is 3.22. The van der Waals surface area contributed by atoms with Crippen LogP contribution < -0.4 is 0 Å². The van der Waals surface area contributed by atoms with E-state index in [4.69, 9.17) is 0 Å². The molecule has 20 heavy (non-hydrogen) atoms. The zero-order valence-corrected chi connectivity index (χ0v) is 11.4. The van der Waals surface area contributed by atoms with Crippen LogP contribution in [0.25, 0.3) is 0 Å². The summed E-state index contributed by atoms with van der Waals surface area (Å²) >= 11 is 0. The van der Waals surface area contributed by atoms with Crippen LogP contribution in [0.15, 0.2) is 30.3 Å². The van der Waals surface area contributed by atoms with E-state index < -0.39 is 18.2 Å². The maximum Gasteiger partial charge on any atom is 0.246 e. The number of aliphatic hydroxyl groups excluding tert-OH is 1. The molecule has 2 saturated heterocycles. The van der Waals surface area contributed by atoms with Crippen LogP contribution >= 0.6 is 0 Å². The highest BCUT2D eigenvalue weighted by Gasteiger charge is 2.48. The zero-order chi connectivity index (χ0) is 14.3. The highest BCUT2D eigenvalue weighted by molar-refractivity contribution is 5.97. The second-order valence-electron chi connectivity index (χ2n) is 5.55. The number of benzene rings is 1. The third-order valence-electron chi connectivity index (χ3n) is 4.22. The van der Waals surface area contributed by atoms with E-state index >= 15 is 0 Å². The summed E-state index contributed by atoms with van der Waals surface area (Å²) in [4.78, 5) is 27.9. The smallest absolute Gasteiger partial charge is 0.246 e. The van der Waals surface area contributed by atoms with Crippen LogP contribution in [0.4, 0.5) is 0 Å². The van der Waals surface area contributed by atoms with E-state index in [1.807, 2.05) is 30.3 Å². The Morgan fingerprint density at radius 3 is 2.60 bits per heavy atom. The number of aliphatic hydroxyl groups is 1. The van der Waals surface area contributed by atoms with Crippen LogP contribution in [0.1, 0.15) is 12.0 Å². The van der Waals surface area contributed by atoms with Crippen molar-refractivity contribution in [3.8, 4) is 0 Å². The molecular weight excluding hydrogens is 256 g/mol. The maximum absolute atomic E-state index is 12.5. The Balaban J connectivity index is 1.84. The van der Waals surface area contributed by atoms with Crippen molar-refractivity contribution in [2.75, 3.05) is 13.6 Å². The second-order valence-corrected chi connectivity index (χ2v) is 5.55. The van der Waals surface area contributed by atoms with Crippen molar-refractivity contribution in [2.24, 2.45) is 0 Å². The SMILES string of the molecule is CN1C(=O)C2C[C@@H](O)CN2C(=O)[C@@H]1Cc1ccccc1. The van der Waals surface area contributed by atoms with Crippen LogP contribution in [0.5, 0.6) is 0 Å². The number of carbonyl (C=O) groups excluding carboxylic acids is 2. The van der Waals surface area contributed by atoms with Crippen LogP contribution in [-0.4, -0.2) is 58.5 Å². The zero-order valence-electron chi connectivity index (χ0n) is 11.4. The van der Waals surface area contributed by atoms with Gasteiger partial charge in [-0.25, -0.2) is 0 Å². The first-order chi connectivity index (χ1) is 9.58. The van der Waals surface area contributed by atoms with Crippen molar-refractivity contribution in [3.63, 3.8) is 0 Å². The molecule has 0 spiro atoms. The summed E-state index contributed by atoms with van der Waals surface area (Å²) in [6.07, 6.45) is 0.283. The minimum Gasteiger partial charge on any atom is -0.391 e. The number of likely N-dealkylation sites (N-methyl/N-ethyl adjacent to an activating group) is 1. The first-order valence-corrected chi connectivity index (χ1v) is 6.87. The largest absolute Gasteiger partial charge is 0.391 e. The summed E-state index contributed by atoms with van der Waals surface area (Å²) in [5, 5.41) is 9.69. The highest BCUT2D eigenvalue weighted by atomic mass is 16.3. The molecule has 1 aromatic carbocycles. The van der Waals surface area contributed by atoms with Crippen molar-refractivity contribution >= 4 is 11.8 Å². The quantitative estimate of drug-likeness (QED) is 0.828. The van der Waals surface area contributed by atoms with E-state index in [0.717, 1.165) is 5.56 Å². The van der Waals surface area contributed by atoms with Crippen molar-refractivity contribution in [2.45, 2.75) is 31.0 Å². The normalized spacial score (nSPS) is 29.8. The van der Waals surface area contributed by atoms with Crippen molar-refractivity contribution < 1.29 is 14.7 Å². The van der Waals surface area contributed by atoms with Gasteiger partial charge in [-0.3, -0.25) is 9.59 Å². The number of nitrogens with zero attached hydrogens (tertiary/aromatic N) is 2. The number of carbonyl (C=O) groups is 2. The van der Waals surface area contributed by atoms with E-state index in [1.54, 1.807) is 11.9 Å². The predicted octanol–water partition coefficient (Wildman–Crippen LogP) is 0.0315. The van der Waals surface area contributed by atoms with Crippen molar-refractivity contribution in [3.05, 3.63) is 35.9 Å². The third-order valence-corrected chi connectivity index (χ3v) is 4.22. The number of piperazine rings is 1. The number of amides is 2. The van der Waals surface area contributed by atoms with Gasteiger partial charge in [-0.1, -0.05) is 30.3 Å². The van der Waals surface area contributed by atoms with Gasteiger partial charge in [-0.2, -0.15) is 0 Å². The second kappa shape index (κ2) is 4.90. The Morgan fingerprint density at radius 1 is 1.20 bits per heavy atom. The molecule has 2 aliphatic rings. The summed E-state index contributed by atoms with van der Waals surface area (Å²) in [6, 6.07) is 8.74. The van der Waals surface area contributed by atoms with Crippen molar-refractivity contribution in [1.82, 2.24) is 9.80 Å². The highest BCUT2D eigenvalue weighted by Crippen LogP contribution is 2.27. The Bertz CT molecular complexity index is 531. The molecule has 1 N–H and O–H groups in total. The molecule has 2 fully saturated rings.